The minimum absolute atomic E-state index is 0.143. The van der Waals surface area contributed by atoms with E-state index in [1.165, 1.54) is 11.8 Å². The van der Waals surface area contributed by atoms with E-state index in [-0.39, 0.29) is 5.91 Å². The van der Waals surface area contributed by atoms with Crippen LogP contribution in [0.5, 0.6) is 5.75 Å². The molecule has 28 heavy (non-hydrogen) atoms. The molecule has 3 aromatic rings. The normalized spacial score (nSPS) is 16.6. The Bertz CT molecular complexity index is 1070. The first kappa shape index (κ1) is 18.1. The molecule has 2 aromatic carbocycles. The summed E-state index contributed by atoms with van der Waals surface area (Å²) < 4.78 is 7.28. The summed E-state index contributed by atoms with van der Waals surface area (Å²) in [5.74, 6) is 0.625. The number of benzene rings is 2. The summed E-state index contributed by atoms with van der Waals surface area (Å²) in [5, 5.41) is 3.40. The number of methoxy groups -OCH3 is 1. The SMILES string of the molecule is COc1ccc(N=C2NC(=O)/C(=C/c3ccc(C)n3-c3ccccc3)S2)cc1. The van der Waals surface area contributed by atoms with Gasteiger partial charge in [0.2, 0.25) is 0 Å². The quantitative estimate of drug-likeness (QED) is 0.659. The first-order valence-corrected chi connectivity index (χ1v) is 9.63. The molecule has 140 valence electrons. The van der Waals surface area contributed by atoms with Gasteiger partial charge in [-0.05, 0) is 73.3 Å². The molecule has 0 spiro atoms. The predicted octanol–water partition coefficient (Wildman–Crippen LogP) is 4.69. The van der Waals surface area contributed by atoms with Crippen LogP contribution in [0.3, 0.4) is 0 Å². The molecule has 1 N–H and O–H groups in total. The van der Waals surface area contributed by atoms with Gasteiger partial charge in [-0.25, -0.2) is 4.99 Å². The molecule has 1 amide bonds. The number of carbonyl (C=O) groups excluding carboxylic acids is 1. The van der Waals surface area contributed by atoms with Crippen LogP contribution in [0.1, 0.15) is 11.4 Å². The first-order valence-electron chi connectivity index (χ1n) is 8.81. The number of amides is 1. The Balaban J connectivity index is 1.61. The second-order valence-corrected chi connectivity index (χ2v) is 7.28. The molecular formula is C22H19N3O2S. The average Bonchev–Trinajstić information content (AvgIpc) is 3.25. The van der Waals surface area contributed by atoms with E-state index in [0.29, 0.717) is 10.1 Å². The monoisotopic (exact) mass is 389 g/mol. The van der Waals surface area contributed by atoms with E-state index in [1.807, 2.05) is 79.7 Å². The number of nitrogens with zero attached hydrogens (tertiary/aromatic N) is 2. The predicted molar refractivity (Wildman–Crippen MR) is 114 cm³/mol. The third-order valence-electron chi connectivity index (χ3n) is 4.35. The summed E-state index contributed by atoms with van der Waals surface area (Å²) in [6, 6.07) is 21.5. The van der Waals surface area contributed by atoms with Crippen molar-refractivity contribution in [3.05, 3.63) is 83.0 Å². The van der Waals surface area contributed by atoms with Gasteiger partial charge in [0.25, 0.3) is 5.91 Å². The number of amidine groups is 1. The number of hydrogen-bond acceptors (Lipinski definition) is 4. The Kier molecular flexibility index (Phi) is 5.04. The molecule has 0 atom stereocenters. The van der Waals surface area contributed by atoms with Gasteiger partial charge in [-0.3, -0.25) is 4.79 Å². The average molecular weight is 389 g/mol. The van der Waals surface area contributed by atoms with E-state index in [9.17, 15) is 4.79 Å². The number of hydrogen-bond donors (Lipinski definition) is 1. The highest BCUT2D eigenvalue weighted by molar-refractivity contribution is 8.18. The molecule has 6 heteroatoms. The lowest BCUT2D eigenvalue weighted by atomic mass is 10.3. The number of aryl methyl sites for hydroxylation is 1. The van der Waals surface area contributed by atoms with Crippen LogP contribution in [0.2, 0.25) is 0 Å². The fourth-order valence-electron chi connectivity index (χ4n) is 2.99. The van der Waals surface area contributed by atoms with E-state index < -0.39 is 0 Å². The van der Waals surface area contributed by atoms with Gasteiger partial charge in [-0.15, -0.1) is 0 Å². The summed E-state index contributed by atoms with van der Waals surface area (Å²) in [5.41, 5.74) is 3.88. The second-order valence-electron chi connectivity index (χ2n) is 6.25. The lowest BCUT2D eigenvalue weighted by molar-refractivity contribution is -0.115. The molecule has 2 heterocycles. The van der Waals surface area contributed by atoms with Gasteiger partial charge in [-0.2, -0.15) is 0 Å². The molecule has 0 saturated carbocycles. The standard InChI is InChI=1S/C22H19N3O2S/c1-15-8-11-18(25(15)17-6-4-3-5-7-17)14-20-21(26)24-22(28-20)23-16-9-12-19(27-2)13-10-16/h3-14H,1-2H3,(H,23,24,26)/b20-14-. The van der Waals surface area contributed by atoms with E-state index in [4.69, 9.17) is 4.74 Å². The minimum Gasteiger partial charge on any atom is -0.497 e. The van der Waals surface area contributed by atoms with Crippen LogP contribution < -0.4 is 10.1 Å². The number of para-hydroxylation sites is 1. The largest absolute Gasteiger partial charge is 0.497 e. The first-order chi connectivity index (χ1) is 13.6. The number of rotatable bonds is 4. The van der Waals surface area contributed by atoms with Gasteiger partial charge in [0.1, 0.15) is 5.75 Å². The van der Waals surface area contributed by atoms with Crippen molar-refractivity contribution in [1.82, 2.24) is 9.88 Å². The minimum atomic E-state index is -0.143. The number of nitrogens with one attached hydrogen (secondary N) is 1. The maximum Gasteiger partial charge on any atom is 0.264 e. The lowest BCUT2D eigenvalue weighted by Gasteiger charge is -2.09. The molecule has 1 aromatic heterocycles. The topological polar surface area (TPSA) is 55.6 Å². The highest BCUT2D eigenvalue weighted by Crippen LogP contribution is 2.29. The van der Waals surface area contributed by atoms with Crippen LogP contribution in [0.4, 0.5) is 5.69 Å². The Morgan fingerprint density at radius 1 is 1.04 bits per heavy atom. The van der Waals surface area contributed by atoms with Crippen molar-refractivity contribution in [3.63, 3.8) is 0 Å². The molecular weight excluding hydrogens is 370 g/mol. The molecule has 4 rings (SSSR count). The van der Waals surface area contributed by atoms with E-state index in [2.05, 4.69) is 14.9 Å². The van der Waals surface area contributed by atoms with Crippen LogP contribution >= 0.6 is 11.8 Å². The third-order valence-corrected chi connectivity index (χ3v) is 5.26. The Labute approximate surface area is 167 Å². The van der Waals surface area contributed by atoms with Crippen molar-refractivity contribution >= 4 is 34.6 Å². The Morgan fingerprint density at radius 3 is 2.50 bits per heavy atom. The summed E-state index contributed by atoms with van der Waals surface area (Å²) in [4.78, 5) is 17.5. The van der Waals surface area contributed by atoms with Crippen LogP contribution in [0.15, 0.2) is 76.6 Å². The Hall–Kier alpha value is -3.25. The number of aliphatic imine (C=N–C) groups is 1. The van der Waals surface area contributed by atoms with Gasteiger partial charge in [0.05, 0.1) is 17.7 Å². The smallest absolute Gasteiger partial charge is 0.264 e. The van der Waals surface area contributed by atoms with Gasteiger partial charge in [0, 0.05) is 17.1 Å². The fourth-order valence-corrected chi connectivity index (χ4v) is 3.82. The zero-order valence-electron chi connectivity index (χ0n) is 15.5. The maximum absolute atomic E-state index is 12.4. The Morgan fingerprint density at radius 2 is 1.79 bits per heavy atom. The third kappa shape index (κ3) is 3.73. The summed E-state index contributed by atoms with van der Waals surface area (Å²) in [7, 11) is 1.62. The van der Waals surface area contributed by atoms with Crippen LogP contribution in [0, 0.1) is 6.92 Å². The summed E-state index contributed by atoms with van der Waals surface area (Å²) in [6.07, 6.45) is 1.90. The van der Waals surface area contributed by atoms with Crippen LogP contribution in [-0.2, 0) is 4.79 Å². The van der Waals surface area contributed by atoms with Crippen LogP contribution in [0.25, 0.3) is 11.8 Å². The highest BCUT2D eigenvalue weighted by Gasteiger charge is 2.24. The van der Waals surface area contributed by atoms with E-state index in [0.717, 1.165) is 28.5 Å². The lowest BCUT2D eigenvalue weighted by Crippen LogP contribution is -2.19. The van der Waals surface area contributed by atoms with Crippen molar-refractivity contribution in [2.24, 2.45) is 4.99 Å². The summed E-state index contributed by atoms with van der Waals surface area (Å²) in [6.45, 7) is 2.05. The molecule has 1 aliphatic heterocycles. The number of carbonyl (C=O) groups is 1. The summed E-state index contributed by atoms with van der Waals surface area (Å²) >= 11 is 1.34. The molecule has 0 bridgehead atoms. The second kappa shape index (κ2) is 7.78. The maximum atomic E-state index is 12.4. The molecule has 0 aliphatic carbocycles. The molecule has 1 fully saturated rings. The van der Waals surface area contributed by atoms with Crippen LogP contribution in [-0.4, -0.2) is 22.8 Å². The zero-order valence-corrected chi connectivity index (χ0v) is 16.4. The zero-order chi connectivity index (χ0) is 19.5. The molecule has 1 saturated heterocycles. The van der Waals surface area contributed by atoms with Crippen molar-refractivity contribution in [1.29, 1.82) is 0 Å². The van der Waals surface area contributed by atoms with Crippen molar-refractivity contribution < 1.29 is 9.53 Å². The van der Waals surface area contributed by atoms with E-state index >= 15 is 0 Å². The number of thioether (sulfide) groups is 1. The number of aromatic nitrogens is 1. The van der Waals surface area contributed by atoms with Gasteiger partial charge >= 0.3 is 0 Å². The molecule has 0 unspecified atom stereocenters. The highest BCUT2D eigenvalue weighted by atomic mass is 32.2. The molecule has 0 radical (unpaired) electrons. The van der Waals surface area contributed by atoms with Crippen molar-refractivity contribution in [3.8, 4) is 11.4 Å². The van der Waals surface area contributed by atoms with Gasteiger partial charge in [0.15, 0.2) is 5.17 Å². The molecule has 5 nitrogen and oxygen atoms in total. The van der Waals surface area contributed by atoms with Gasteiger partial charge < -0.3 is 14.6 Å². The van der Waals surface area contributed by atoms with Crippen molar-refractivity contribution in [2.75, 3.05) is 7.11 Å². The fraction of sp³-hybridized carbons (Fsp3) is 0.0909. The van der Waals surface area contributed by atoms with Gasteiger partial charge in [-0.1, -0.05) is 18.2 Å². The van der Waals surface area contributed by atoms with Crippen molar-refractivity contribution in [2.45, 2.75) is 6.92 Å². The van der Waals surface area contributed by atoms with E-state index in [1.54, 1.807) is 7.11 Å². The number of ether oxygens (including phenoxy) is 1. The molecule has 1 aliphatic rings.